The first-order chi connectivity index (χ1) is 10.2. The standard InChI is InChI=1S/C16H13N3O2/c20-15(11-6-2-1-3-7-11)18-19-16(21)14-10-12-8-4-5-9-13(12)17-14/h1-10,17H,(H,18,20)(H,19,21). The molecule has 0 saturated carbocycles. The third-order valence-electron chi connectivity index (χ3n) is 3.10. The number of aromatic nitrogens is 1. The minimum absolute atomic E-state index is 0.361. The Bertz CT molecular complexity index is 760. The summed E-state index contributed by atoms with van der Waals surface area (Å²) in [7, 11) is 0. The Labute approximate surface area is 121 Å². The lowest BCUT2D eigenvalue weighted by Gasteiger charge is -2.05. The van der Waals surface area contributed by atoms with Crippen molar-refractivity contribution in [1.82, 2.24) is 15.8 Å². The van der Waals surface area contributed by atoms with Crippen LogP contribution in [0.3, 0.4) is 0 Å². The molecule has 0 fully saturated rings. The van der Waals surface area contributed by atoms with Gasteiger partial charge in [0, 0.05) is 16.5 Å². The molecule has 2 amide bonds. The Kier molecular flexibility index (Phi) is 3.39. The number of hydrazine groups is 1. The second-order valence-corrected chi connectivity index (χ2v) is 4.54. The van der Waals surface area contributed by atoms with Gasteiger partial charge in [0.1, 0.15) is 5.69 Å². The number of aromatic amines is 1. The highest BCUT2D eigenvalue weighted by molar-refractivity contribution is 6.00. The fourth-order valence-corrected chi connectivity index (χ4v) is 2.04. The van der Waals surface area contributed by atoms with Crippen LogP contribution < -0.4 is 10.9 Å². The maximum Gasteiger partial charge on any atom is 0.286 e. The molecule has 1 heterocycles. The summed E-state index contributed by atoms with van der Waals surface area (Å²) in [5.41, 5.74) is 6.52. The van der Waals surface area contributed by atoms with Gasteiger partial charge in [-0.15, -0.1) is 0 Å². The Balaban J connectivity index is 1.68. The minimum atomic E-state index is -0.393. The number of benzene rings is 2. The number of carbonyl (C=O) groups is 2. The number of rotatable bonds is 2. The van der Waals surface area contributed by atoms with E-state index in [0.29, 0.717) is 11.3 Å². The van der Waals surface area contributed by atoms with Crippen molar-refractivity contribution in [3.8, 4) is 0 Å². The zero-order valence-corrected chi connectivity index (χ0v) is 11.1. The Morgan fingerprint density at radius 2 is 1.48 bits per heavy atom. The molecule has 0 aliphatic heterocycles. The van der Waals surface area contributed by atoms with Crippen LogP contribution in [0.15, 0.2) is 60.7 Å². The predicted octanol–water partition coefficient (Wildman–Crippen LogP) is 2.24. The molecule has 3 rings (SSSR count). The molecule has 0 saturated heterocycles. The maximum atomic E-state index is 12.0. The van der Waals surface area contributed by atoms with E-state index in [9.17, 15) is 9.59 Å². The van der Waals surface area contributed by atoms with E-state index < -0.39 is 5.91 Å². The van der Waals surface area contributed by atoms with Crippen LogP contribution >= 0.6 is 0 Å². The molecule has 104 valence electrons. The molecule has 0 spiro atoms. The maximum absolute atomic E-state index is 12.0. The fraction of sp³-hybridized carbons (Fsp3) is 0. The third-order valence-corrected chi connectivity index (χ3v) is 3.10. The van der Waals surface area contributed by atoms with E-state index in [2.05, 4.69) is 15.8 Å². The molecule has 1 aromatic heterocycles. The van der Waals surface area contributed by atoms with Crippen LogP contribution in [-0.2, 0) is 0 Å². The number of amides is 2. The quantitative estimate of drug-likeness (QED) is 0.629. The molecule has 0 aliphatic carbocycles. The normalized spacial score (nSPS) is 10.3. The van der Waals surface area contributed by atoms with Crippen molar-refractivity contribution < 1.29 is 9.59 Å². The number of carbonyl (C=O) groups excluding carboxylic acids is 2. The average Bonchev–Trinajstić information content (AvgIpc) is 2.97. The summed E-state index contributed by atoms with van der Waals surface area (Å²) in [6, 6.07) is 18.0. The molecule has 5 nitrogen and oxygen atoms in total. The first kappa shape index (κ1) is 12.9. The summed E-state index contributed by atoms with van der Waals surface area (Å²) in [5, 5.41) is 0.942. The van der Waals surface area contributed by atoms with Crippen molar-refractivity contribution in [2.45, 2.75) is 0 Å². The summed E-state index contributed by atoms with van der Waals surface area (Å²) < 4.78 is 0. The fourth-order valence-electron chi connectivity index (χ4n) is 2.04. The highest BCUT2D eigenvalue weighted by Gasteiger charge is 2.11. The van der Waals surface area contributed by atoms with Gasteiger partial charge in [-0.1, -0.05) is 36.4 Å². The van der Waals surface area contributed by atoms with Crippen molar-refractivity contribution in [2.24, 2.45) is 0 Å². The molecule has 0 atom stereocenters. The first-order valence-electron chi connectivity index (χ1n) is 6.47. The summed E-state index contributed by atoms with van der Waals surface area (Å²) >= 11 is 0. The Morgan fingerprint density at radius 1 is 0.810 bits per heavy atom. The highest BCUT2D eigenvalue weighted by atomic mass is 16.2. The lowest BCUT2D eigenvalue weighted by Crippen LogP contribution is -2.41. The SMILES string of the molecule is O=C(NNC(=O)c1cc2ccccc2[nH]1)c1ccccc1. The number of para-hydroxylation sites is 1. The van der Waals surface area contributed by atoms with Gasteiger partial charge in [-0.05, 0) is 24.3 Å². The van der Waals surface area contributed by atoms with Crippen LogP contribution in [0.4, 0.5) is 0 Å². The van der Waals surface area contributed by atoms with Crippen LogP contribution in [0, 0.1) is 0 Å². The van der Waals surface area contributed by atoms with E-state index in [0.717, 1.165) is 10.9 Å². The Hall–Kier alpha value is -3.08. The van der Waals surface area contributed by atoms with E-state index in [4.69, 9.17) is 0 Å². The third kappa shape index (κ3) is 2.76. The smallest absolute Gasteiger partial charge is 0.286 e. The summed E-state index contributed by atoms with van der Waals surface area (Å²) in [5.74, 6) is -0.754. The number of H-pyrrole nitrogens is 1. The van der Waals surface area contributed by atoms with Gasteiger partial charge in [0.15, 0.2) is 0 Å². The monoisotopic (exact) mass is 279 g/mol. The van der Waals surface area contributed by atoms with Crippen LogP contribution in [0.1, 0.15) is 20.8 Å². The lowest BCUT2D eigenvalue weighted by atomic mass is 10.2. The molecule has 2 aromatic carbocycles. The molecule has 0 unspecified atom stereocenters. The lowest BCUT2D eigenvalue weighted by molar-refractivity contribution is 0.0844. The van der Waals surface area contributed by atoms with E-state index >= 15 is 0 Å². The van der Waals surface area contributed by atoms with Crippen molar-refractivity contribution in [3.05, 3.63) is 71.9 Å². The molecule has 5 heteroatoms. The van der Waals surface area contributed by atoms with Crippen molar-refractivity contribution in [3.63, 3.8) is 0 Å². The van der Waals surface area contributed by atoms with E-state index in [1.807, 2.05) is 30.3 Å². The van der Waals surface area contributed by atoms with Gasteiger partial charge in [-0.2, -0.15) is 0 Å². The van der Waals surface area contributed by atoms with Gasteiger partial charge in [0.05, 0.1) is 0 Å². The van der Waals surface area contributed by atoms with Gasteiger partial charge in [-0.25, -0.2) is 0 Å². The predicted molar refractivity (Wildman–Crippen MR) is 79.7 cm³/mol. The van der Waals surface area contributed by atoms with Crippen molar-refractivity contribution in [1.29, 1.82) is 0 Å². The second-order valence-electron chi connectivity index (χ2n) is 4.54. The summed E-state index contributed by atoms with van der Waals surface area (Å²) in [4.78, 5) is 26.8. The number of fused-ring (bicyclic) bond motifs is 1. The van der Waals surface area contributed by atoms with E-state index in [1.165, 1.54) is 0 Å². The molecular formula is C16H13N3O2. The molecule has 3 aromatic rings. The van der Waals surface area contributed by atoms with Crippen LogP contribution in [-0.4, -0.2) is 16.8 Å². The van der Waals surface area contributed by atoms with Gasteiger partial charge < -0.3 is 4.98 Å². The first-order valence-corrected chi connectivity index (χ1v) is 6.47. The Morgan fingerprint density at radius 3 is 2.24 bits per heavy atom. The van der Waals surface area contributed by atoms with E-state index in [1.54, 1.807) is 30.3 Å². The molecule has 3 N–H and O–H groups in total. The molecule has 0 bridgehead atoms. The van der Waals surface area contributed by atoms with Crippen LogP contribution in [0.2, 0.25) is 0 Å². The molecule has 0 aliphatic rings. The second kappa shape index (κ2) is 5.50. The molecular weight excluding hydrogens is 266 g/mol. The van der Waals surface area contributed by atoms with Crippen molar-refractivity contribution >= 4 is 22.7 Å². The van der Waals surface area contributed by atoms with Gasteiger partial charge in [0.25, 0.3) is 11.8 Å². The highest BCUT2D eigenvalue weighted by Crippen LogP contribution is 2.14. The van der Waals surface area contributed by atoms with Crippen molar-refractivity contribution in [2.75, 3.05) is 0 Å². The number of hydrogen-bond donors (Lipinski definition) is 3. The summed E-state index contributed by atoms with van der Waals surface area (Å²) in [6.45, 7) is 0. The molecule has 0 radical (unpaired) electrons. The minimum Gasteiger partial charge on any atom is -0.350 e. The largest absolute Gasteiger partial charge is 0.350 e. The number of hydrogen-bond acceptors (Lipinski definition) is 2. The van der Waals surface area contributed by atoms with Gasteiger partial charge in [-0.3, -0.25) is 20.4 Å². The van der Waals surface area contributed by atoms with Gasteiger partial charge in [0.2, 0.25) is 0 Å². The van der Waals surface area contributed by atoms with Gasteiger partial charge >= 0.3 is 0 Å². The topological polar surface area (TPSA) is 74.0 Å². The average molecular weight is 279 g/mol. The van der Waals surface area contributed by atoms with E-state index in [-0.39, 0.29) is 5.91 Å². The molecule has 21 heavy (non-hydrogen) atoms. The summed E-state index contributed by atoms with van der Waals surface area (Å²) in [6.07, 6.45) is 0. The van der Waals surface area contributed by atoms with Crippen LogP contribution in [0.25, 0.3) is 10.9 Å². The zero-order valence-electron chi connectivity index (χ0n) is 11.1. The van der Waals surface area contributed by atoms with Crippen LogP contribution in [0.5, 0.6) is 0 Å². The zero-order chi connectivity index (χ0) is 14.7. The number of nitrogens with one attached hydrogen (secondary N) is 3.